The van der Waals surface area contributed by atoms with Crippen molar-refractivity contribution in [2.24, 2.45) is 0 Å². The van der Waals surface area contributed by atoms with Gasteiger partial charge in [0, 0.05) is 37.4 Å². The van der Waals surface area contributed by atoms with Crippen molar-refractivity contribution in [1.29, 1.82) is 0 Å². The molecule has 9 heteroatoms. The van der Waals surface area contributed by atoms with E-state index in [9.17, 15) is 14.0 Å². The summed E-state index contributed by atoms with van der Waals surface area (Å²) in [6.07, 6.45) is 2.70. The zero-order chi connectivity index (χ0) is 21.3. The van der Waals surface area contributed by atoms with E-state index in [0.29, 0.717) is 16.3 Å². The summed E-state index contributed by atoms with van der Waals surface area (Å²) in [5.41, 5.74) is 2.79. The maximum atomic E-state index is 13.7. The van der Waals surface area contributed by atoms with E-state index in [-0.39, 0.29) is 23.2 Å². The summed E-state index contributed by atoms with van der Waals surface area (Å²) in [5.74, 6) is -0.486. The van der Waals surface area contributed by atoms with E-state index in [1.807, 2.05) is 0 Å². The minimum absolute atomic E-state index is 0.118. The minimum atomic E-state index is -0.354. The fourth-order valence-corrected chi connectivity index (χ4v) is 4.79. The number of nitrogens with zero attached hydrogens (tertiary/aromatic N) is 4. The second-order valence-electron chi connectivity index (χ2n) is 7.85. The number of piperazine rings is 1. The standard InChI is InChI=1S/C21H26FN5O2S/c1-14-6-7-15(12-17(14)22)23-19(28)13-30-20-16-4-3-5-18(16)27(21(29)24-20)26-10-8-25(2)9-11-26/h6-7,12H,3-5,8-11,13H2,1-2H3,(H,23,28). The SMILES string of the molecule is Cc1ccc(NC(=O)CSc2nc(=O)n(N3CCN(C)CC3)c3c2CCC3)cc1F. The number of carbonyl (C=O) groups is 1. The Labute approximate surface area is 179 Å². The summed E-state index contributed by atoms with van der Waals surface area (Å²) < 4.78 is 15.4. The van der Waals surface area contributed by atoms with Crippen molar-refractivity contribution in [1.82, 2.24) is 14.6 Å². The fourth-order valence-electron chi connectivity index (χ4n) is 3.92. The number of carbonyl (C=O) groups excluding carboxylic acids is 1. The lowest BCUT2D eigenvalue weighted by Crippen LogP contribution is -2.54. The molecule has 0 radical (unpaired) electrons. The van der Waals surface area contributed by atoms with E-state index in [1.165, 1.54) is 17.8 Å². The molecule has 1 aromatic carbocycles. The van der Waals surface area contributed by atoms with Crippen LogP contribution < -0.4 is 16.0 Å². The number of rotatable bonds is 5. The van der Waals surface area contributed by atoms with E-state index in [0.717, 1.165) is 56.7 Å². The molecule has 30 heavy (non-hydrogen) atoms. The molecule has 0 spiro atoms. The van der Waals surface area contributed by atoms with Crippen molar-refractivity contribution >= 4 is 23.4 Å². The van der Waals surface area contributed by atoms with Gasteiger partial charge in [-0.25, -0.2) is 13.9 Å². The molecule has 1 fully saturated rings. The van der Waals surface area contributed by atoms with Gasteiger partial charge in [-0.05, 0) is 50.9 Å². The number of halogens is 1. The summed E-state index contributed by atoms with van der Waals surface area (Å²) >= 11 is 1.27. The van der Waals surface area contributed by atoms with Crippen molar-refractivity contribution in [3.8, 4) is 0 Å². The predicted octanol–water partition coefficient (Wildman–Crippen LogP) is 1.79. The number of benzene rings is 1. The van der Waals surface area contributed by atoms with Crippen LogP contribution in [0.2, 0.25) is 0 Å². The average molecular weight is 432 g/mol. The fraction of sp³-hybridized carbons (Fsp3) is 0.476. The Kier molecular flexibility index (Phi) is 6.10. The van der Waals surface area contributed by atoms with Gasteiger partial charge in [0.2, 0.25) is 5.91 Å². The van der Waals surface area contributed by atoms with Crippen LogP contribution in [0, 0.1) is 12.7 Å². The first-order chi connectivity index (χ1) is 14.4. The highest BCUT2D eigenvalue weighted by molar-refractivity contribution is 8.00. The lowest BCUT2D eigenvalue weighted by atomic mass is 10.2. The number of likely N-dealkylation sites (N-methyl/N-ethyl adjacent to an activating group) is 1. The maximum Gasteiger partial charge on any atom is 0.367 e. The molecule has 4 rings (SSSR count). The van der Waals surface area contributed by atoms with Crippen molar-refractivity contribution in [3.63, 3.8) is 0 Å². The molecule has 1 aliphatic carbocycles. The van der Waals surface area contributed by atoms with Gasteiger partial charge in [-0.3, -0.25) is 4.79 Å². The number of hydrogen-bond donors (Lipinski definition) is 1. The Bertz CT molecular complexity index is 1020. The van der Waals surface area contributed by atoms with Crippen LogP contribution in [0.3, 0.4) is 0 Å². The van der Waals surface area contributed by atoms with Crippen LogP contribution in [-0.2, 0) is 17.6 Å². The molecule has 1 saturated heterocycles. The Morgan fingerprint density at radius 1 is 1.23 bits per heavy atom. The molecule has 0 atom stereocenters. The smallest absolute Gasteiger partial charge is 0.325 e. The minimum Gasteiger partial charge on any atom is -0.325 e. The monoisotopic (exact) mass is 431 g/mol. The number of amides is 1. The first kappa shape index (κ1) is 20.9. The van der Waals surface area contributed by atoms with E-state index < -0.39 is 0 Å². The molecule has 1 amide bonds. The second-order valence-corrected chi connectivity index (χ2v) is 8.81. The van der Waals surface area contributed by atoms with Crippen LogP contribution in [0.1, 0.15) is 23.2 Å². The number of thioether (sulfide) groups is 1. The topological polar surface area (TPSA) is 70.5 Å². The number of aromatic nitrogens is 2. The van der Waals surface area contributed by atoms with E-state index in [2.05, 4.69) is 27.3 Å². The molecule has 2 heterocycles. The first-order valence-corrected chi connectivity index (χ1v) is 11.2. The van der Waals surface area contributed by atoms with Gasteiger partial charge in [0.15, 0.2) is 0 Å². The molecule has 1 aliphatic heterocycles. The lowest BCUT2D eigenvalue weighted by Gasteiger charge is -2.35. The number of nitrogens with one attached hydrogen (secondary N) is 1. The summed E-state index contributed by atoms with van der Waals surface area (Å²) in [4.78, 5) is 31.7. The highest BCUT2D eigenvalue weighted by Gasteiger charge is 2.26. The van der Waals surface area contributed by atoms with Crippen LogP contribution in [-0.4, -0.2) is 59.4 Å². The Morgan fingerprint density at radius 3 is 2.73 bits per heavy atom. The Balaban J connectivity index is 1.48. The average Bonchev–Trinajstić information content (AvgIpc) is 3.20. The van der Waals surface area contributed by atoms with Crippen LogP contribution in [0.5, 0.6) is 0 Å². The Morgan fingerprint density at radius 2 is 2.00 bits per heavy atom. The van der Waals surface area contributed by atoms with Crippen LogP contribution in [0.25, 0.3) is 0 Å². The third-order valence-corrected chi connectivity index (χ3v) is 6.66. The molecule has 160 valence electrons. The largest absolute Gasteiger partial charge is 0.367 e. The van der Waals surface area contributed by atoms with Crippen LogP contribution in [0.15, 0.2) is 28.0 Å². The van der Waals surface area contributed by atoms with Gasteiger partial charge in [0.05, 0.1) is 11.4 Å². The number of anilines is 1. The van der Waals surface area contributed by atoms with E-state index >= 15 is 0 Å². The molecule has 1 aromatic heterocycles. The molecule has 0 unspecified atom stereocenters. The Hall–Kier alpha value is -2.39. The zero-order valence-corrected chi connectivity index (χ0v) is 18.1. The molecule has 7 nitrogen and oxygen atoms in total. The normalized spacial score (nSPS) is 16.6. The third-order valence-electron chi connectivity index (χ3n) is 5.64. The van der Waals surface area contributed by atoms with Crippen LogP contribution >= 0.6 is 11.8 Å². The van der Waals surface area contributed by atoms with E-state index in [4.69, 9.17) is 0 Å². The summed E-state index contributed by atoms with van der Waals surface area (Å²) in [6.45, 7) is 5.10. The summed E-state index contributed by atoms with van der Waals surface area (Å²) in [7, 11) is 2.08. The third kappa shape index (κ3) is 4.37. The highest BCUT2D eigenvalue weighted by Crippen LogP contribution is 2.29. The predicted molar refractivity (Wildman–Crippen MR) is 116 cm³/mol. The number of aryl methyl sites for hydroxylation is 1. The van der Waals surface area contributed by atoms with Gasteiger partial charge in [-0.1, -0.05) is 17.8 Å². The zero-order valence-electron chi connectivity index (χ0n) is 17.3. The van der Waals surface area contributed by atoms with Gasteiger partial charge in [-0.15, -0.1) is 0 Å². The van der Waals surface area contributed by atoms with Gasteiger partial charge in [-0.2, -0.15) is 4.98 Å². The van der Waals surface area contributed by atoms with E-state index in [1.54, 1.807) is 23.7 Å². The molecule has 0 bridgehead atoms. The summed E-state index contributed by atoms with van der Waals surface area (Å²) in [5, 5.41) is 5.44. The highest BCUT2D eigenvalue weighted by atomic mass is 32.2. The molecule has 1 N–H and O–H groups in total. The van der Waals surface area contributed by atoms with Crippen molar-refractivity contribution in [2.45, 2.75) is 31.2 Å². The van der Waals surface area contributed by atoms with Crippen LogP contribution in [0.4, 0.5) is 10.1 Å². The van der Waals surface area contributed by atoms with Crippen molar-refractivity contribution in [3.05, 3.63) is 51.3 Å². The maximum absolute atomic E-state index is 13.7. The molecule has 2 aliphatic rings. The van der Waals surface area contributed by atoms with Gasteiger partial charge >= 0.3 is 5.69 Å². The van der Waals surface area contributed by atoms with Crippen molar-refractivity contribution in [2.75, 3.05) is 49.3 Å². The second kappa shape index (κ2) is 8.77. The molecular weight excluding hydrogens is 405 g/mol. The lowest BCUT2D eigenvalue weighted by molar-refractivity contribution is -0.113. The molecule has 2 aromatic rings. The van der Waals surface area contributed by atoms with Gasteiger partial charge < -0.3 is 15.2 Å². The van der Waals surface area contributed by atoms with Crippen molar-refractivity contribution < 1.29 is 9.18 Å². The molecule has 0 saturated carbocycles. The van der Waals surface area contributed by atoms with Gasteiger partial charge in [0.25, 0.3) is 0 Å². The summed E-state index contributed by atoms with van der Waals surface area (Å²) in [6, 6.07) is 4.61. The van der Waals surface area contributed by atoms with Gasteiger partial charge in [0.1, 0.15) is 10.8 Å². The number of hydrogen-bond acceptors (Lipinski definition) is 6. The quantitative estimate of drug-likeness (QED) is 0.575. The molecular formula is C21H26FN5O2S. The first-order valence-electron chi connectivity index (χ1n) is 10.2. The number of fused-ring (bicyclic) bond motifs is 1.